The van der Waals surface area contributed by atoms with Crippen LogP contribution in [0.1, 0.15) is 19.8 Å². The summed E-state index contributed by atoms with van der Waals surface area (Å²) in [6.45, 7) is 3.29. The summed E-state index contributed by atoms with van der Waals surface area (Å²) in [7, 11) is 0. The van der Waals surface area contributed by atoms with Crippen molar-refractivity contribution in [2.24, 2.45) is 11.7 Å². The Morgan fingerprint density at radius 1 is 1.47 bits per heavy atom. The van der Waals surface area contributed by atoms with Crippen LogP contribution in [0.4, 0.5) is 4.39 Å². The highest BCUT2D eigenvalue weighted by atomic mass is 19.1. The third kappa shape index (κ3) is 4.30. The Labute approximate surface area is 90.2 Å². The van der Waals surface area contributed by atoms with Crippen molar-refractivity contribution in [3.8, 4) is 5.75 Å². The van der Waals surface area contributed by atoms with Gasteiger partial charge in [0.25, 0.3) is 0 Å². The minimum absolute atomic E-state index is 0.271. The van der Waals surface area contributed by atoms with Gasteiger partial charge in [0.05, 0.1) is 6.61 Å². The van der Waals surface area contributed by atoms with E-state index in [1.54, 1.807) is 12.1 Å². The zero-order valence-electron chi connectivity index (χ0n) is 9.08. The van der Waals surface area contributed by atoms with Crippen molar-refractivity contribution in [2.75, 3.05) is 13.2 Å². The van der Waals surface area contributed by atoms with Crippen LogP contribution in [0.5, 0.6) is 5.75 Å². The smallest absolute Gasteiger partial charge is 0.126 e. The van der Waals surface area contributed by atoms with Crippen molar-refractivity contribution in [3.05, 3.63) is 30.1 Å². The Balaban J connectivity index is 2.41. The quantitative estimate of drug-likeness (QED) is 0.785. The van der Waals surface area contributed by atoms with Crippen LogP contribution in [-0.2, 0) is 0 Å². The zero-order valence-corrected chi connectivity index (χ0v) is 9.08. The fourth-order valence-electron chi connectivity index (χ4n) is 1.45. The fraction of sp³-hybridized carbons (Fsp3) is 0.500. The van der Waals surface area contributed by atoms with E-state index in [2.05, 4.69) is 6.92 Å². The maximum absolute atomic E-state index is 12.8. The van der Waals surface area contributed by atoms with Crippen molar-refractivity contribution in [3.63, 3.8) is 0 Å². The molecule has 15 heavy (non-hydrogen) atoms. The van der Waals surface area contributed by atoms with E-state index in [0.29, 0.717) is 24.8 Å². The van der Waals surface area contributed by atoms with Gasteiger partial charge in [-0.15, -0.1) is 0 Å². The van der Waals surface area contributed by atoms with Crippen molar-refractivity contribution in [2.45, 2.75) is 19.8 Å². The summed E-state index contributed by atoms with van der Waals surface area (Å²) in [5.41, 5.74) is 5.60. The Kier molecular flexibility index (Phi) is 5.12. The third-order valence-corrected chi connectivity index (χ3v) is 2.31. The molecule has 0 aliphatic carbocycles. The lowest BCUT2D eigenvalue weighted by Crippen LogP contribution is -2.21. The van der Waals surface area contributed by atoms with E-state index in [1.165, 1.54) is 12.1 Å². The second-order valence-electron chi connectivity index (χ2n) is 3.66. The molecule has 0 bridgehead atoms. The molecular weight excluding hydrogens is 193 g/mol. The first-order valence-corrected chi connectivity index (χ1v) is 5.34. The van der Waals surface area contributed by atoms with Crippen LogP contribution in [-0.4, -0.2) is 13.2 Å². The van der Waals surface area contributed by atoms with Gasteiger partial charge in [0.15, 0.2) is 0 Å². The Morgan fingerprint density at radius 3 is 2.87 bits per heavy atom. The van der Waals surface area contributed by atoms with Crippen LogP contribution < -0.4 is 10.5 Å². The first-order chi connectivity index (χ1) is 7.26. The van der Waals surface area contributed by atoms with Crippen LogP contribution in [0.25, 0.3) is 0 Å². The molecule has 1 aromatic carbocycles. The van der Waals surface area contributed by atoms with Gasteiger partial charge in [-0.25, -0.2) is 4.39 Å². The molecule has 0 heterocycles. The number of hydrogen-bond donors (Lipinski definition) is 1. The molecule has 1 aromatic rings. The molecule has 0 spiro atoms. The number of hydrogen-bond acceptors (Lipinski definition) is 2. The van der Waals surface area contributed by atoms with Gasteiger partial charge in [-0.1, -0.05) is 19.4 Å². The van der Waals surface area contributed by atoms with Gasteiger partial charge in [0, 0.05) is 12.0 Å². The highest BCUT2D eigenvalue weighted by Crippen LogP contribution is 2.14. The summed E-state index contributed by atoms with van der Waals surface area (Å²) in [5.74, 6) is 0.662. The van der Waals surface area contributed by atoms with Gasteiger partial charge in [-0.2, -0.15) is 0 Å². The average molecular weight is 211 g/mol. The van der Waals surface area contributed by atoms with Gasteiger partial charge in [-0.3, -0.25) is 0 Å². The normalized spacial score (nSPS) is 12.5. The molecule has 1 unspecified atom stereocenters. The molecule has 3 heteroatoms. The van der Waals surface area contributed by atoms with Crippen LogP contribution in [0.15, 0.2) is 24.3 Å². The summed E-state index contributed by atoms with van der Waals surface area (Å²) >= 11 is 0. The molecule has 0 radical (unpaired) electrons. The maximum Gasteiger partial charge on any atom is 0.126 e. The second kappa shape index (κ2) is 6.40. The summed E-state index contributed by atoms with van der Waals surface area (Å²) < 4.78 is 18.3. The van der Waals surface area contributed by atoms with Gasteiger partial charge >= 0.3 is 0 Å². The number of nitrogens with two attached hydrogens (primary N) is 1. The van der Waals surface area contributed by atoms with Crippen molar-refractivity contribution < 1.29 is 9.13 Å². The number of ether oxygens (including phenoxy) is 1. The van der Waals surface area contributed by atoms with Crippen LogP contribution in [0.3, 0.4) is 0 Å². The zero-order chi connectivity index (χ0) is 11.1. The molecule has 0 saturated carbocycles. The lowest BCUT2D eigenvalue weighted by Gasteiger charge is -2.14. The fourth-order valence-corrected chi connectivity index (χ4v) is 1.45. The average Bonchev–Trinajstić information content (AvgIpc) is 2.24. The highest BCUT2D eigenvalue weighted by molar-refractivity contribution is 5.22. The molecule has 84 valence electrons. The van der Waals surface area contributed by atoms with E-state index < -0.39 is 0 Å². The lowest BCUT2D eigenvalue weighted by molar-refractivity contribution is 0.242. The van der Waals surface area contributed by atoms with Gasteiger partial charge in [0.2, 0.25) is 0 Å². The predicted octanol–water partition coefficient (Wildman–Crippen LogP) is 2.58. The molecule has 1 atom stereocenters. The molecule has 0 saturated heterocycles. The monoisotopic (exact) mass is 211 g/mol. The third-order valence-electron chi connectivity index (χ3n) is 2.31. The molecule has 1 rings (SSSR count). The first kappa shape index (κ1) is 12.0. The summed E-state index contributed by atoms with van der Waals surface area (Å²) in [5, 5.41) is 0. The SMILES string of the molecule is CCCC(CN)COc1cccc(F)c1. The number of benzene rings is 1. The topological polar surface area (TPSA) is 35.2 Å². The van der Waals surface area contributed by atoms with Crippen molar-refractivity contribution in [1.82, 2.24) is 0 Å². The largest absolute Gasteiger partial charge is 0.493 e. The van der Waals surface area contributed by atoms with E-state index in [1.807, 2.05) is 0 Å². The molecule has 0 aliphatic rings. The van der Waals surface area contributed by atoms with E-state index in [-0.39, 0.29) is 5.82 Å². The van der Waals surface area contributed by atoms with Gasteiger partial charge in [0.1, 0.15) is 11.6 Å². The van der Waals surface area contributed by atoms with E-state index >= 15 is 0 Å². The van der Waals surface area contributed by atoms with E-state index in [0.717, 1.165) is 12.8 Å². The highest BCUT2D eigenvalue weighted by Gasteiger charge is 2.06. The molecule has 0 fully saturated rings. The van der Waals surface area contributed by atoms with Crippen LogP contribution in [0, 0.1) is 11.7 Å². The lowest BCUT2D eigenvalue weighted by atomic mass is 10.1. The Hall–Kier alpha value is -1.09. The predicted molar refractivity (Wildman–Crippen MR) is 59.3 cm³/mol. The minimum Gasteiger partial charge on any atom is -0.493 e. The molecule has 2 nitrogen and oxygen atoms in total. The van der Waals surface area contributed by atoms with Crippen molar-refractivity contribution in [1.29, 1.82) is 0 Å². The van der Waals surface area contributed by atoms with Crippen LogP contribution in [0.2, 0.25) is 0 Å². The Bertz CT molecular complexity index is 291. The summed E-state index contributed by atoms with van der Waals surface area (Å²) in [6.07, 6.45) is 2.14. The van der Waals surface area contributed by atoms with Crippen molar-refractivity contribution >= 4 is 0 Å². The molecule has 0 aromatic heterocycles. The van der Waals surface area contributed by atoms with Gasteiger partial charge in [-0.05, 0) is 25.1 Å². The minimum atomic E-state index is -0.271. The number of halogens is 1. The maximum atomic E-state index is 12.8. The molecular formula is C12H18FNO. The molecule has 2 N–H and O–H groups in total. The van der Waals surface area contributed by atoms with Gasteiger partial charge < -0.3 is 10.5 Å². The first-order valence-electron chi connectivity index (χ1n) is 5.34. The summed E-state index contributed by atoms with van der Waals surface area (Å²) in [6, 6.07) is 6.18. The standard InChI is InChI=1S/C12H18FNO/c1-2-4-10(8-14)9-15-12-6-3-5-11(13)7-12/h3,5-7,10H,2,4,8-9,14H2,1H3. The second-order valence-corrected chi connectivity index (χ2v) is 3.66. The summed E-state index contributed by atoms with van der Waals surface area (Å²) in [4.78, 5) is 0. The Morgan fingerprint density at radius 2 is 2.27 bits per heavy atom. The van der Waals surface area contributed by atoms with Crippen LogP contribution >= 0.6 is 0 Å². The van der Waals surface area contributed by atoms with E-state index in [4.69, 9.17) is 10.5 Å². The number of rotatable bonds is 6. The molecule has 0 amide bonds. The molecule has 0 aliphatic heterocycles. The van der Waals surface area contributed by atoms with E-state index in [9.17, 15) is 4.39 Å².